The second-order valence-corrected chi connectivity index (χ2v) is 17.8. The fourth-order valence-corrected chi connectivity index (χ4v) is 7.23. The molecule has 0 fully saturated rings. The number of carbonyl (C=O) groups excluding carboxylic acids is 3. The topological polar surface area (TPSA) is 78.9 Å². The van der Waals surface area contributed by atoms with Crippen molar-refractivity contribution >= 4 is 17.9 Å². The van der Waals surface area contributed by atoms with Gasteiger partial charge in [0.25, 0.3) is 0 Å². The van der Waals surface area contributed by atoms with Gasteiger partial charge >= 0.3 is 17.9 Å². The van der Waals surface area contributed by atoms with Crippen molar-refractivity contribution in [1.29, 1.82) is 0 Å². The second kappa shape index (κ2) is 53.2. The van der Waals surface area contributed by atoms with E-state index in [-0.39, 0.29) is 37.5 Å². The van der Waals surface area contributed by atoms with E-state index in [9.17, 15) is 14.4 Å². The minimum absolute atomic E-state index is 0.109. The quantitative estimate of drug-likeness (QED) is 0.0199. The van der Waals surface area contributed by atoms with Crippen molar-refractivity contribution in [3.8, 4) is 0 Å². The van der Waals surface area contributed by atoms with Crippen LogP contribution in [-0.4, -0.2) is 37.2 Å². The number of rotatable bonds is 48. The summed E-state index contributed by atoms with van der Waals surface area (Å²) < 4.78 is 16.7. The van der Waals surface area contributed by atoms with E-state index < -0.39 is 6.10 Å². The molecule has 0 N–H and O–H groups in total. The third kappa shape index (κ3) is 51.4. The Labute approximate surface area is 401 Å². The summed E-state index contributed by atoms with van der Waals surface area (Å²) in [7, 11) is 0. The Morgan fingerprint density at radius 1 is 0.323 bits per heavy atom. The Morgan fingerprint density at radius 2 is 0.631 bits per heavy atom. The van der Waals surface area contributed by atoms with Crippen LogP contribution in [0.25, 0.3) is 0 Å². The zero-order chi connectivity index (χ0) is 47.2. The molecule has 0 aliphatic rings. The zero-order valence-electron chi connectivity index (χ0n) is 42.5. The van der Waals surface area contributed by atoms with Crippen molar-refractivity contribution in [2.24, 2.45) is 0 Å². The largest absolute Gasteiger partial charge is 0.462 e. The van der Waals surface area contributed by atoms with Gasteiger partial charge in [0.05, 0.1) is 0 Å². The van der Waals surface area contributed by atoms with Crippen LogP contribution in [-0.2, 0) is 28.6 Å². The summed E-state index contributed by atoms with van der Waals surface area (Å²) in [4.78, 5) is 38.0. The SMILES string of the molecule is CCCC/C=C\C=C/CCCCCC(=O)OCC(COC(=O)CCCCCCCCC/C=C\CCCCCCCCCC)OC(=O)CCC/C=C\C/C=C\C/C=C\C/C=C\CCCCC. The van der Waals surface area contributed by atoms with Gasteiger partial charge in [0, 0.05) is 19.3 Å². The van der Waals surface area contributed by atoms with Crippen LogP contribution in [0.15, 0.2) is 85.1 Å². The van der Waals surface area contributed by atoms with E-state index in [2.05, 4.69) is 106 Å². The molecule has 0 saturated carbocycles. The smallest absolute Gasteiger partial charge is 0.306 e. The maximum atomic E-state index is 12.8. The number of hydrogen-bond donors (Lipinski definition) is 0. The van der Waals surface area contributed by atoms with Crippen LogP contribution in [0, 0.1) is 0 Å². The van der Waals surface area contributed by atoms with E-state index >= 15 is 0 Å². The van der Waals surface area contributed by atoms with E-state index in [4.69, 9.17) is 14.2 Å². The number of hydrogen-bond acceptors (Lipinski definition) is 6. The first-order valence-corrected chi connectivity index (χ1v) is 27.1. The number of allylic oxidation sites excluding steroid dienone is 14. The number of ether oxygens (including phenoxy) is 3. The van der Waals surface area contributed by atoms with Crippen LogP contribution in [0.4, 0.5) is 0 Å². The lowest BCUT2D eigenvalue weighted by Crippen LogP contribution is -2.30. The molecule has 0 aromatic rings. The molecule has 6 heteroatoms. The van der Waals surface area contributed by atoms with Crippen LogP contribution in [0.1, 0.15) is 252 Å². The van der Waals surface area contributed by atoms with Gasteiger partial charge < -0.3 is 14.2 Å². The summed E-state index contributed by atoms with van der Waals surface area (Å²) in [6.07, 6.45) is 68.7. The molecule has 0 radical (unpaired) electrons. The summed E-state index contributed by atoms with van der Waals surface area (Å²) >= 11 is 0. The fourth-order valence-electron chi connectivity index (χ4n) is 7.23. The van der Waals surface area contributed by atoms with Crippen molar-refractivity contribution in [3.63, 3.8) is 0 Å². The average Bonchev–Trinajstić information content (AvgIpc) is 3.30. The minimum Gasteiger partial charge on any atom is -0.462 e. The molecule has 0 saturated heterocycles. The summed E-state index contributed by atoms with van der Waals surface area (Å²) in [6.45, 7) is 6.48. The molecule has 0 aromatic carbocycles. The number of unbranched alkanes of at least 4 members (excludes halogenated alkanes) is 24. The van der Waals surface area contributed by atoms with Crippen molar-refractivity contribution in [3.05, 3.63) is 85.1 Å². The van der Waals surface area contributed by atoms with E-state index in [1.165, 1.54) is 128 Å². The molecule has 0 amide bonds. The van der Waals surface area contributed by atoms with E-state index in [0.717, 1.165) is 77.0 Å². The Balaban J connectivity index is 4.45. The molecule has 372 valence electrons. The normalized spacial score (nSPS) is 12.7. The molecule has 1 atom stereocenters. The predicted octanol–water partition coefficient (Wildman–Crippen LogP) is 18.0. The number of carbonyl (C=O) groups is 3. The zero-order valence-corrected chi connectivity index (χ0v) is 42.5. The van der Waals surface area contributed by atoms with E-state index in [1.807, 2.05) is 0 Å². The van der Waals surface area contributed by atoms with Crippen molar-refractivity contribution in [2.45, 2.75) is 258 Å². The molecule has 1 unspecified atom stereocenters. The van der Waals surface area contributed by atoms with Gasteiger partial charge in [-0.15, -0.1) is 0 Å². The predicted molar refractivity (Wildman–Crippen MR) is 279 cm³/mol. The molecule has 0 aliphatic heterocycles. The van der Waals surface area contributed by atoms with Crippen LogP contribution < -0.4 is 0 Å². The molecule has 0 rings (SSSR count). The molecule has 0 heterocycles. The van der Waals surface area contributed by atoms with Gasteiger partial charge in [-0.2, -0.15) is 0 Å². The fraction of sp³-hybridized carbons (Fsp3) is 0.712. The van der Waals surface area contributed by atoms with E-state index in [1.54, 1.807) is 0 Å². The summed E-state index contributed by atoms with van der Waals surface area (Å²) in [5.41, 5.74) is 0. The highest BCUT2D eigenvalue weighted by atomic mass is 16.6. The van der Waals surface area contributed by atoms with Crippen LogP contribution in [0.2, 0.25) is 0 Å². The molecule has 6 nitrogen and oxygen atoms in total. The van der Waals surface area contributed by atoms with Gasteiger partial charge in [0.15, 0.2) is 6.10 Å². The van der Waals surface area contributed by atoms with Crippen molar-refractivity contribution < 1.29 is 28.6 Å². The van der Waals surface area contributed by atoms with Gasteiger partial charge in [0.2, 0.25) is 0 Å². The van der Waals surface area contributed by atoms with E-state index in [0.29, 0.717) is 19.3 Å². The minimum atomic E-state index is -0.817. The Morgan fingerprint density at radius 3 is 1.11 bits per heavy atom. The van der Waals surface area contributed by atoms with Gasteiger partial charge in [-0.3, -0.25) is 14.4 Å². The third-order valence-electron chi connectivity index (χ3n) is 11.4. The van der Waals surface area contributed by atoms with Gasteiger partial charge in [-0.05, 0) is 103 Å². The molecule has 0 spiro atoms. The maximum Gasteiger partial charge on any atom is 0.306 e. The molecule has 65 heavy (non-hydrogen) atoms. The lowest BCUT2D eigenvalue weighted by molar-refractivity contribution is -0.167. The summed E-state index contributed by atoms with van der Waals surface area (Å²) in [5.74, 6) is -0.999. The monoisotopic (exact) mass is 905 g/mol. The molecule has 0 bridgehead atoms. The number of esters is 3. The van der Waals surface area contributed by atoms with Crippen molar-refractivity contribution in [2.75, 3.05) is 13.2 Å². The first-order chi connectivity index (χ1) is 32.0. The lowest BCUT2D eigenvalue weighted by atomic mass is 10.1. The molecular weight excluding hydrogens is 805 g/mol. The summed E-state index contributed by atoms with van der Waals surface area (Å²) in [5, 5.41) is 0. The highest BCUT2D eigenvalue weighted by Gasteiger charge is 2.19. The maximum absolute atomic E-state index is 12.8. The first-order valence-electron chi connectivity index (χ1n) is 27.1. The van der Waals surface area contributed by atoms with Crippen LogP contribution >= 0.6 is 0 Å². The molecular formula is C59H100O6. The highest BCUT2D eigenvalue weighted by Crippen LogP contribution is 2.14. The average molecular weight is 905 g/mol. The first kappa shape index (κ1) is 61.6. The second-order valence-electron chi connectivity index (χ2n) is 17.8. The third-order valence-corrected chi connectivity index (χ3v) is 11.4. The van der Waals surface area contributed by atoms with Gasteiger partial charge in [-0.1, -0.05) is 215 Å². The van der Waals surface area contributed by atoms with Gasteiger partial charge in [0.1, 0.15) is 13.2 Å². The Kier molecular flexibility index (Phi) is 50.4. The van der Waals surface area contributed by atoms with Crippen molar-refractivity contribution in [1.82, 2.24) is 0 Å². The summed E-state index contributed by atoms with van der Waals surface area (Å²) in [6, 6.07) is 0. The Bertz CT molecular complexity index is 1270. The Hall–Kier alpha value is -3.41. The van der Waals surface area contributed by atoms with Crippen LogP contribution in [0.3, 0.4) is 0 Å². The molecule has 0 aliphatic carbocycles. The van der Waals surface area contributed by atoms with Crippen LogP contribution in [0.5, 0.6) is 0 Å². The highest BCUT2D eigenvalue weighted by molar-refractivity contribution is 5.71. The lowest BCUT2D eigenvalue weighted by Gasteiger charge is -2.18. The standard InChI is InChI=1S/C59H100O6/c1-4-7-10-13-16-19-22-24-26-28-29-31-32-34-37-40-43-46-49-52-58(61)64-55-56(54-63-57(60)51-48-45-42-39-36-21-18-15-12-9-6-3)65-59(62)53-50-47-44-41-38-35-33-30-27-25-23-20-17-14-11-8-5-2/h15,17-18,20-21,25,27-29,33,35-36,41,44,56H,4-14,16,19,22-24,26,30-32,34,37-40,42-43,45-55H2,1-3H3/b18-15-,20-17-,27-25-,29-28-,35-33-,36-21-,44-41-. The van der Waals surface area contributed by atoms with Gasteiger partial charge in [-0.25, -0.2) is 0 Å². The molecule has 0 aromatic heterocycles.